The lowest BCUT2D eigenvalue weighted by Crippen LogP contribution is -2.14. The smallest absolute Gasteiger partial charge is 0.266 e. The van der Waals surface area contributed by atoms with Crippen molar-refractivity contribution in [2.45, 2.75) is 6.92 Å². The summed E-state index contributed by atoms with van der Waals surface area (Å²) in [7, 11) is 0. The van der Waals surface area contributed by atoms with Crippen molar-refractivity contribution in [2.75, 3.05) is 5.32 Å². The molecular weight excluding hydrogens is 286 g/mol. The van der Waals surface area contributed by atoms with E-state index in [1.165, 1.54) is 12.1 Å². The molecule has 0 heterocycles. The molecule has 2 rings (SSSR count). The fraction of sp³-hybridized carbons (Fsp3) is 0.0588. The Kier molecular flexibility index (Phi) is 4.64. The van der Waals surface area contributed by atoms with Crippen LogP contribution in [0.2, 0.25) is 0 Å². The standard InChI is InChI=1S/C17H12F2N2O/c1-11-5-2-3-8-15(11)21-17(22)13(10-20)9-12-6-4-7-14(18)16(12)19/h2-9H,1H3,(H,21,22)/b13-9-. The van der Waals surface area contributed by atoms with Gasteiger partial charge in [-0.1, -0.05) is 30.3 Å². The molecule has 0 saturated carbocycles. The molecule has 0 radical (unpaired) electrons. The Morgan fingerprint density at radius 2 is 1.91 bits per heavy atom. The normalized spacial score (nSPS) is 10.9. The lowest BCUT2D eigenvalue weighted by molar-refractivity contribution is -0.112. The van der Waals surface area contributed by atoms with Gasteiger partial charge in [0.1, 0.15) is 11.6 Å². The molecule has 2 aromatic rings. The number of aryl methyl sites for hydroxylation is 1. The predicted octanol–water partition coefficient (Wildman–Crippen LogP) is 3.82. The summed E-state index contributed by atoms with van der Waals surface area (Å²) < 4.78 is 26.7. The Hall–Kier alpha value is -3.00. The van der Waals surface area contributed by atoms with Gasteiger partial charge in [0.05, 0.1) is 0 Å². The number of amides is 1. The Bertz CT molecular complexity index is 791. The number of rotatable bonds is 3. The van der Waals surface area contributed by atoms with Crippen molar-refractivity contribution in [3.8, 4) is 6.07 Å². The first kappa shape index (κ1) is 15.4. The first-order valence-corrected chi connectivity index (χ1v) is 6.45. The van der Waals surface area contributed by atoms with E-state index in [4.69, 9.17) is 5.26 Å². The van der Waals surface area contributed by atoms with Gasteiger partial charge in [0.2, 0.25) is 0 Å². The third-order valence-electron chi connectivity index (χ3n) is 3.04. The summed E-state index contributed by atoms with van der Waals surface area (Å²) in [6.45, 7) is 1.80. The molecule has 0 aliphatic heterocycles. The van der Waals surface area contributed by atoms with Crippen LogP contribution in [0.15, 0.2) is 48.0 Å². The third kappa shape index (κ3) is 3.36. The molecule has 0 aliphatic carbocycles. The molecule has 0 saturated heterocycles. The first-order chi connectivity index (χ1) is 10.5. The molecule has 1 N–H and O–H groups in total. The van der Waals surface area contributed by atoms with Gasteiger partial charge >= 0.3 is 0 Å². The molecule has 0 spiro atoms. The minimum absolute atomic E-state index is 0.156. The van der Waals surface area contributed by atoms with Crippen molar-refractivity contribution in [1.29, 1.82) is 5.26 Å². The van der Waals surface area contributed by atoms with Gasteiger partial charge in [-0.25, -0.2) is 8.78 Å². The zero-order valence-electron chi connectivity index (χ0n) is 11.7. The summed E-state index contributed by atoms with van der Waals surface area (Å²) >= 11 is 0. The number of halogens is 2. The van der Waals surface area contributed by atoms with Crippen molar-refractivity contribution < 1.29 is 13.6 Å². The van der Waals surface area contributed by atoms with Crippen molar-refractivity contribution in [3.63, 3.8) is 0 Å². The number of hydrogen-bond acceptors (Lipinski definition) is 2. The predicted molar refractivity (Wildman–Crippen MR) is 79.8 cm³/mol. The fourth-order valence-electron chi connectivity index (χ4n) is 1.84. The fourth-order valence-corrected chi connectivity index (χ4v) is 1.84. The summed E-state index contributed by atoms with van der Waals surface area (Å²) in [5.74, 6) is -2.82. The van der Waals surface area contributed by atoms with Crippen LogP contribution in [0.4, 0.5) is 14.5 Å². The second-order valence-electron chi connectivity index (χ2n) is 4.58. The van der Waals surface area contributed by atoms with E-state index in [0.717, 1.165) is 17.7 Å². The number of nitrogens with zero attached hydrogens (tertiary/aromatic N) is 1. The van der Waals surface area contributed by atoms with Crippen molar-refractivity contribution in [2.24, 2.45) is 0 Å². The van der Waals surface area contributed by atoms with Crippen LogP contribution in [0.1, 0.15) is 11.1 Å². The number of para-hydroxylation sites is 1. The van der Waals surface area contributed by atoms with E-state index < -0.39 is 17.5 Å². The monoisotopic (exact) mass is 298 g/mol. The molecule has 1 amide bonds. The minimum atomic E-state index is -1.10. The van der Waals surface area contributed by atoms with Crippen LogP contribution in [0.25, 0.3) is 6.08 Å². The lowest BCUT2D eigenvalue weighted by atomic mass is 10.1. The highest BCUT2D eigenvalue weighted by Crippen LogP contribution is 2.17. The Labute approximate surface area is 126 Å². The second-order valence-corrected chi connectivity index (χ2v) is 4.58. The summed E-state index contributed by atoms with van der Waals surface area (Å²) in [5.41, 5.74) is 0.905. The van der Waals surface area contributed by atoms with Gasteiger partial charge in [-0.2, -0.15) is 5.26 Å². The molecule has 0 fully saturated rings. The summed E-state index contributed by atoms with van der Waals surface area (Å²) in [6, 6.07) is 12.3. The number of hydrogen-bond donors (Lipinski definition) is 1. The molecule has 0 atom stereocenters. The number of carbonyl (C=O) groups is 1. The van der Waals surface area contributed by atoms with E-state index in [2.05, 4.69) is 5.32 Å². The van der Waals surface area contributed by atoms with Crippen molar-refractivity contribution in [3.05, 3.63) is 70.8 Å². The molecule has 0 aliphatic rings. The number of nitriles is 1. The van der Waals surface area contributed by atoms with Crippen LogP contribution in [0, 0.1) is 29.9 Å². The highest BCUT2D eigenvalue weighted by Gasteiger charge is 2.13. The van der Waals surface area contributed by atoms with E-state index in [9.17, 15) is 13.6 Å². The quantitative estimate of drug-likeness (QED) is 0.692. The van der Waals surface area contributed by atoms with Gasteiger partial charge in [0.15, 0.2) is 11.6 Å². The largest absolute Gasteiger partial charge is 0.321 e. The molecule has 0 unspecified atom stereocenters. The second kappa shape index (κ2) is 6.64. The van der Waals surface area contributed by atoms with E-state index >= 15 is 0 Å². The summed E-state index contributed by atoms with van der Waals surface area (Å²) in [6.07, 6.45) is 1.02. The Morgan fingerprint density at radius 1 is 1.18 bits per heavy atom. The van der Waals surface area contributed by atoms with Gasteiger partial charge in [-0.15, -0.1) is 0 Å². The highest BCUT2D eigenvalue weighted by atomic mass is 19.2. The van der Waals surface area contributed by atoms with Crippen LogP contribution in [-0.2, 0) is 4.79 Å². The molecule has 3 nitrogen and oxygen atoms in total. The van der Waals surface area contributed by atoms with Crippen molar-refractivity contribution >= 4 is 17.7 Å². The minimum Gasteiger partial charge on any atom is -0.321 e. The molecule has 2 aromatic carbocycles. The number of anilines is 1. The average molecular weight is 298 g/mol. The van der Waals surface area contributed by atoms with E-state index in [1.54, 1.807) is 31.2 Å². The van der Waals surface area contributed by atoms with Crippen LogP contribution in [-0.4, -0.2) is 5.91 Å². The van der Waals surface area contributed by atoms with Gasteiger partial charge in [0, 0.05) is 11.3 Å². The molecule has 0 bridgehead atoms. The van der Waals surface area contributed by atoms with Gasteiger partial charge in [-0.3, -0.25) is 4.79 Å². The Balaban J connectivity index is 2.30. The first-order valence-electron chi connectivity index (χ1n) is 6.45. The maximum absolute atomic E-state index is 13.6. The van der Waals surface area contributed by atoms with Crippen molar-refractivity contribution in [1.82, 2.24) is 0 Å². The topological polar surface area (TPSA) is 52.9 Å². The number of nitrogens with one attached hydrogen (secondary N) is 1. The maximum Gasteiger partial charge on any atom is 0.266 e. The van der Waals surface area contributed by atoms with E-state index in [1.807, 2.05) is 6.07 Å². The van der Waals surface area contributed by atoms with Gasteiger partial charge in [-0.05, 0) is 30.7 Å². The summed E-state index contributed by atoms with van der Waals surface area (Å²) in [4.78, 5) is 12.1. The zero-order valence-corrected chi connectivity index (χ0v) is 11.7. The van der Waals surface area contributed by atoms with Gasteiger partial charge < -0.3 is 5.32 Å². The van der Waals surface area contributed by atoms with Gasteiger partial charge in [0.25, 0.3) is 5.91 Å². The van der Waals surface area contributed by atoms with E-state index in [0.29, 0.717) is 5.69 Å². The summed E-state index contributed by atoms with van der Waals surface area (Å²) in [5, 5.41) is 11.6. The van der Waals surface area contributed by atoms with Crippen LogP contribution in [0.5, 0.6) is 0 Å². The number of benzene rings is 2. The van der Waals surface area contributed by atoms with E-state index in [-0.39, 0.29) is 11.1 Å². The zero-order chi connectivity index (χ0) is 16.1. The maximum atomic E-state index is 13.6. The molecule has 5 heteroatoms. The molecule has 0 aromatic heterocycles. The number of carbonyl (C=O) groups excluding carboxylic acids is 1. The van der Waals surface area contributed by atoms with Crippen LogP contribution >= 0.6 is 0 Å². The average Bonchev–Trinajstić information content (AvgIpc) is 2.51. The molecular formula is C17H12F2N2O. The highest BCUT2D eigenvalue weighted by molar-refractivity contribution is 6.09. The lowest BCUT2D eigenvalue weighted by Gasteiger charge is -2.07. The molecule has 110 valence electrons. The third-order valence-corrected chi connectivity index (χ3v) is 3.04. The van der Waals surface area contributed by atoms with Crippen LogP contribution < -0.4 is 5.32 Å². The van der Waals surface area contributed by atoms with Crippen LogP contribution in [0.3, 0.4) is 0 Å². The molecule has 22 heavy (non-hydrogen) atoms. The SMILES string of the molecule is Cc1ccccc1NC(=O)/C(C#N)=C\c1cccc(F)c1F. The Morgan fingerprint density at radius 3 is 2.59 bits per heavy atom.